The summed E-state index contributed by atoms with van der Waals surface area (Å²) in [5.74, 6) is -0.340. The van der Waals surface area contributed by atoms with Crippen molar-refractivity contribution in [3.05, 3.63) is 45.9 Å². The molecule has 0 aliphatic rings. The number of aryl methyl sites for hydroxylation is 1. The molecule has 0 radical (unpaired) electrons. The SMILES string of the molecule is CCNc1ncc([N+](=O)[O-])c(Nc2cc(C)ccc2F)n1. The Morgan fingerprint density at radius 1 is 1.43 bits per heavy atom. The summed E-state index contributed by atoms with van der Waals surface area (Å²) in [4.78, 5) is 18.2. The van der Waals surface area contributed by atoms with Gasteiger partial charge in [0.2, 0.25) is 11.8 Å². The maximum Gasteiger partial charge on any atom is 0.329 e. The molecule has 0 saturated heterocycles. The van der Waals surface area contributed by atoms with E-state index in [0.717, 1.165) is 11.8 Å². The maximum atomic E-state index is 13.7. The fourth-order valence-corrected chi connectivity index (χ4v) is 1.71. The van der Waals surface area contributed by atoms with Gasteiger partial charge < -0.3 is 10.6 Å². The van der Waals surface area contributed by atoms with Crippen molar-refractivity contribution in [2.24, 2.45) is 0 Å². The minimum absolute atomic E-state index is 0.0598. The highest BCUT2D eigenvalue weighted by Crippen LogP contribution is 2.27. The quantitative estimate of drug-likeness (QED) is 0.649. The summed E-state index contributed by atoms with van der Waals surface area (Å²) < 4.78 is 13.7. The third kappa shape index (κ3) is 3.41. The summed E-state index contributed by atoms with van der Waals surface area (Å²) in [6.07, 6.45) is 1.08. The molecule has 8 heteroatoms. The second kappa shape index (κ2) is 6.12. The fraction of sp³-hybridized carbons (Fsp3) is 0.231. The van der Waals surface area contributed by atoms with E-state index in [1.165, 1.54) is 6.07 Å². The van der Waals surface area contributed by atoms with Gasteiger partial charge in [0.05, 0.1) is 10.6 Å². The van der Waals surface area contributed by atoms with E-state index in [9.17, 15) is 14.5 Å². The van der Waals surface area contributed by atoms with Crippen LogP contribution in [0, 0.1) is 22.9 Å². The van der Waals surface area contributed by atoms with Crippen LogP contribution in [-0.4, -0.2) is 21.4 Å². The number of hydrogen-bond donors (Lipinski definition) is 2. The number of hydrogen-bond acceptors (Lipinski definition) is 6. The Bertz CT molecular complexity index is 678. The Morgan fingerprint density at radius 3 is 2.86 bits per heavy atom. The zero-order valence-electron chi connectivity index (χ0n) is 11.6. The van der Waals surface area contributed by atoms with Crippen LogP contribution >= 0.6 is 0 Å². The van der Waals surface area contributed by atoms with Crippen LogP contribution < -0.4 is 10.6 Å². The van der Waals surface area contributed by atoms with E-state index in [-0.39, 0.29) is 23.1 Å². The van der Waals surface area contributed by atoms with Crippen LogP contribution in [0.25, 0.3) is 0 Å². The van der Waals surface area contributed by atoms with Gasteiger partial charge in [-0.15, -0.1) is 0 Å². The minimum Gasteiger partial charge on any atom is -0.354 e. The van der Waals surface area contributed by atoms with E-state index >= 15 is 0 Å². The maximum absolute atomic E-state index is 13.7. The molecule has 0 fully saturated rings. The topological polar surface area (TPSA) is 93.0 Å². The molecule has 0 amide bonds. The number of halogens is 1. The molecule has 2 aromatic rings. The molecule has 110 valence electrons. The van der Waals surface area contributed by atoms with Crippen LogP contribution in [0.15, 0.2) is 24.4 Å². The summed E-state index contributed by atoms with van der Waals surface area (Å²) in [5.41, 5.74) is 0.624. The van der Waals surface area contributed by atoms with Crippen molar-refractivity contribution in [1.29, 1.82) is 0 Å². The molecule has 0 aliphatic heterocycles. The van der Waals surface area contributed by atoms with E-state index in [1.807, 2.05) is 6.92 Å². The molecule has 21 heavy (non-hydrogen) atoms. The Hall–Kier alpha value is -2.77. The van der Waals surface area contributed by atoms with Gasteiger partial charge in [-0.3, -0.25) is 10.1 Å². The van der Waals surface area contributed by atoms with Crippen LogP contribution in [0.2, 0.25) is 0 Å². The van der Waals surface area contributed by atoms with Gasteiger partial charge in [0.15, 0.2) is 0 Å². The van der Waals surface area contributed by atoms with Crippen LogP contribution in [0.3, 0.4) is 0 Å². The van der Waals surface area contributed by atoms with Crippen molar-refractivity contribution in [1.82, 2.24) is 9.97 Å². The summed E-state index contributed by atoms with van der Waals surface area (Å²) in [7, 11) is 0. The smallest absolute Gasteiger partial charge is 0.329 e. The van der Waals surface area contributed by atoms with E-state index in [0.29, 0.717) is 6.54 Å². The summed E-state index contributed by atoms with van der Waals surface area (Å²) in [6, 6.07) is 4.45. The van der Waals surface area contributed by atoms with Gasteiger partial charge in [-0.05, 0) is 31.5 Å². The molecule has 2 N–H and O–H groups in total. The van der Waals surface area contributed by atoms with E-state index in [1.54, 1.807) is 19.1 Å². The molecule has 0 atom stereocenters. The first-order valence-electron chi connectivity index (χ1n) is 6.29. The molecular weight excluding hydrogens is 277 g/mol. The first kappa shape index (κ1) is 14.6. The number of aromatic nitrogens is 2. The zero-order chi connectivity index (χ0) is 15.4. The Morgan fingerprint density at radius 2 is 2.19 bits per heavy atom. The van der Waals surface area contributed by atoms with Gasteiger partial charge in [0, 0.05) is 6.54 Å². The van der Waals surface area contributed by atoms with Crippen LogP contribution in [0.1, 0.15) is 12.5 Å². The summed E-state index contributed by atoms with van der Waals surface area (Å²) >= 11 is 0. The van der Waals surface area contributed by atoms with Crippen molar-refractivity contribution < 1.29 is 9.31 Å². The van der Waals surface area contributed by atoms with Crippen LogP contribution in [-0.2, 0) is 0 Å². The Kier molecular flexibility index (Phi) is 4.27. The zero-order valence-corrected chi connectivity index (χ0v) is 11.6. The van der Waals surface area contributed by atoms with E-state index in [4.69, 9.17) is 0 Å². The molecule has 0 saturated carbocycles. The number of rotatable bonds is 5. The van der Waals surface area contributed by atoms with Gasteiger partial charge >= 0.3 is 5.69 Å². The van der Waals surface area contributed by atoms with Crippen LogP contribution in [0.5, 0.6) is 0 Å². The van der Waals surface area contributed by atoms with Crippen molar-refractivity contribution in [3.63, 3.8) is 0 Å². The standard InChI is InChI=1S/C13H14FN5O2/c1-3-15-13-16-7-11(19(20)21)12(18-13)17-10-6-8(2)4-5-9(10)14/h4-7H,3H2,1-2H3,(H2,15,16,17,18). The lowest BCUT2D eigenvalue weighted by molar-refractivity contribution is -0.384. The first-order chi connectivity index (χ1) is 10.0. The van der Waals surface area contributed by atoms with Gasteiger partial charge in [-0.1, -0.05) is 6.07 Å². The highest BCUT2D eigenvalue weighted by molar-refractivity contribution is 5.66. The minimum atomic E-state index is -0.619. The largest absolute Gasteiger partial charge is 0.354 e. The lowest BCUT2D eigenvalue weighted by Crippen LogP contribution is -2.07. The number of nitrogens with zero attached hydrogens (tertiary/aromatic N) is 3. The molecule has 1 aromatic heterocycles. The molecule has 0 aliphatic carbocycles. The van der Waals surface area contributed by atoms with E-state index in [2.05, 4.69) is 20.6 Å². The average Bonchev–Trinajstić information content (AvgIpc) is 2.43. The number of nitro groups is 1. The monoisotopic (exact) mass is 291 g/mol. The van der Waals surface area contributed by atoms with E-state index < -0.39 is 10.7 Å². The van der Waals surface area contributed by atoms with Gasteiger partial charge in [-0.2, -0.15) is 4.98 Å². The highest BCUT2D eigenvalue weighted by atomic mass is 19.1. The Labute approximate surface area is 120 Å². The van der Waals surface area contributed by atoms with Crippen molar-refractivity contribution in [2.45, 2.75) is 13.8 Å². The molecule has 7 nitrogen and oxygen atoms in total. The number of anilines is 3. The second-order valence-electron chi connectivity index (χ2n) is 4.32. The first-order valence-corrected chi connectivity index (χ1v) is 6.29. The summed E-state index contributed by atoms with van der Waals surface area (Å²) in [5, 5.41) is 16.5. The number of benzene rings is 1. The highest BCUT2D eigenvalue weighted by Gasteiger charge is 2.18. The van der Waals surface area contributed by atoms with Gasteiger partial charge in [0.1, 0.15) is 12.0 Å². The lowest BCUT2D eigenvalue weighted by Gasteiger charge is -2.09. The Balaban J connectivity index is 2.43. The van der Waals surface area contributed by atoms with Gasteiger partial charge in [-0.25, -0.2) is 9.37 Å². The lowest BCUT2D eigenvalue weighted by atomic mass is 10.2. The predicted octanol–water partition coefficient (Wildman–Crippen LogP) is 3.01. The second-order valence-corrected chi connectivity index (χ2v) is 4.32. The molecule has 1 aromatic carbocycles. The van der Waals surface area contributed by atoms with Crippen molar-refractivity contribution in [2.75, 3.05) is 17.2 Å². The molecule has 0 spiro atoms. The summed E-state index contributed by atoms with van der Waals surface area (Å²) in [6.45, 7) is 4.21. The third-order valence-corrected chi connectivity index (χ3v) is 2.68. The number of nitrogens with one attached hydrogen (secondary N) is 2. The van der Waals surface area contributed by atoms with Crippen molar-refractivity contribution >= 4 is 23.1 Å². The molecule has 0 bridgehead atoms. The molecule has 1 heterocycles. The normalized spacial score (nSPS) is 10.2. The van der Waals surface area contributed by atoms with Crippen LogP contribution in [0.4, 0.5) is 27.5 Å². The average molecular weight is 291 g/mol. The fourth-order valence-electron chi connectivity index (χ4n) is 1.71. The van der Waals surface area contributed by atoms with Crippen molar-refractivity contribution in [3.8, 4) is 0 Å². The molecule has 2 rings (SSSR count). The molecular formula is C13H14FN5O2. The third-order valence-electron chi connectivity index (χ3n) is 2.68. The molecule has 0 unspecified atom stereocenters. The predicted molar refractivity (Wildman–Crippen MR) is 77.3 cm³/mol. The van der Waals surface area contributed by atoms with Gasteiger partial charge in [0.25, 0.3) is 0 Å².